The molecule has 7 heteroatoms. The quantitative estimate of drug-likeness (QED) is 0.522. The summed E-state index contributed by atoms with van der Waals surface area (Å²) in [7, 11) is 0.519. The van der Waals surface area contributed by atoms with E-state index in [1.165, 1.54) is 0 Å². The predicted octanol–water partition coefficient (Wildman–Crippen LogP) is 3.34. The van der Waals surface area contributed by atoms with Crippen molar-refractivity contribution in [2.24, 2.45) is 0 Å². The van der Waals surface area contributed by atoms with E-state index in [-0.39, 0.29) is 5.75 Å². The van der Waals surface area contributed by atoms with Gasteiger partial charge in [0, 0.05) is 43.3 Å². The van der Waals surface area contributed by atoms with Crippen molar-refractivity contribution < 1.29 is 8.42 Å². The van der Waals surface area contributed by atoms with Crippen LogP contribution in [0.25, 0.3) is 11.1 Å². The van der Waals surface area contributed by atoms with Gasteiger partial charge in [0.1, 0.15) is 0 Å². The van der Waals surface area contributed by atoms with Gasteiger partial charge in [-0.05, 0) is 49.0 Å². The van der Waals surface area contributed by atoms with E-state index >= 15 is 0 Å². The van der Waals surface area contributed by atoms with Crippen LogP contribution < -0.4 is 10.0 Å². The van der Waals surface area contributed by atoms with Crippen molar-refractivity contribution in [1.82, 2.24) is 15.2 Å². The second-order valence-corrected chi connectivity index (χ2v) is 9.07. The molecule has 2 N–H and O–H groups in total. The Balaban J connectivity index is 1.73. The predicted molar refractivity (Wildman–Crippen MR) is 123 cm³/mol. The van der Waals surface area contributed by atoms with Gasteiger partial charge in [0.2, 0.25) is 10.0 Å². The fourth-order valence-corrected chi connectivity index (χ4v) is 4.39. The molecule has 0 spiro atoms. The van der Waals surface area contributed by atoms with E-state index in [0.717, 1.165) is 41.9 Å². The zero-order chi connectivity index (χ0) is 21.4. The molecule has 3 aromatic rings. The van der Waals surface area contributed by atoms with Crippen molar-refractivity contribution in [3.05, 3.63) is 84.2 Å². The summed E-state index contributed by atoms with van der Waals surface area (Å²) in [6.45, 7) is 2.67. The smallest absolute Gasteiger partial charge is 0.236 e. The molecule has 1 aromatic heterocycles. The Morgan fingerprint density at radius 2 is 1.73 bits per heavy atom. The van der Waals surface area contributed by atoms with Crippen molar-refractivity contribution in [3.63, 3.8) is 0 Å². The maximum Gasteiger partial charge on any atom is 0.236 e. The molecule has 6 nitrogen and oxygen atoms in total. The van der Waals surface area contributed by atoms with Gasteiger partial charge in [-0.1, -0.05) is 42.5 Å². The number of hydrogen-bond acceptors (Lipinski definition) is 5. The lowest BCUT2D eigenvalue weighted by Gasteiger charge is -2.16. The van der Waals surface area contributed by atoms with E-state index in [2.05, 4.69) is 33.0 Å². The van der Waals surface area contributed by atoms with Crippen LogP contribution in [0.1, 0.15) is 11.1 Å². The average Bonchev–Trinajstić information content (AvgIpc) is 2.72. The summed E-state index contributed by atoms with van der Waals surface area (Å²) in [6, 6.07) is 18.7. The minimum absolute atomic E-state index is 0.0614. The second kappa shape index (κ2) is 10.3. The van der Waals surface area contributed by atoms with Gasteiger partial charge in [0.25, 0.3) is 0 Å². The Morgan fingerprint density at radius 1 is 0.933 bits per heavy atom. The highest BCUT2D eigenvalue weighted by Gasteiger charge is 2.12. The Morgan fingerprint density at radius 3 is 2.50 bits per heavy atom. The van der Waals surface area contributed by atoms with Crippen molar-refractivity contribution >= 4 is 15.7 Å². The lowest BCUT2D eigenvalue weighted by molar-refractivity contribution is 0.328. The second-order valence-electron chi connectivity index (χ2n) is 7.35. The monoisotopic (exact) mass is 424 g/mol. The molecule has 3 rings (SSSR count). The largest absolute Gasteiger partial charge is 0.318 e. The van der Waals surface area contributed by atoms with Crippen LogP contribution in [0.15, 0.2) is 73.1 Å². The number of anilines is 1. The number of nitrogens with zero attached hydrogens (tertiary/aromatic N) is 2. The first-order valence-electron chi connectivity index (χ1n) is 9.87. The number of rotatable bonds is 10. The molecule has 0 atom stereocenters. The van der Waals surface area contributed by atoms with Crippen LogP contribution in [-0.4, -0.2) is 45.5 Å². The van der Waals surface area contributed by atoms with E-state index in [1.54, 1.807) is 24.4 Å². The van der Waals surface area contributed by atoms with Crippen LogP contribution in [0.3, 0.4) is 0 Å². The van der Waals surface area contributed by atoms with Crippen LogP contribution in [-0.2, 0) is 22.3 Å². The summed E-state index contributed by atoms with van der Waals surface area (Å²) in [5, 5.41) is 3.15. The van der Waals surface area contributed by atoms with Gasteiger partial charge >= 0.3 is 0 Å². The number of aromatic nitrogens is 1. The molecule has 1 heterocycles. The number of sulfonamides is 1. The highest BCUT2D eigenvalue weighted by Crippen LogP contribution is 2.24. The first-order valence-corrected chi connectivity index (χ1v) is 11.5. The lowest BCUT2D eigenvalue weighted by atomic mass is 10.1. The summed E-state index contributed by atoms with van der Waals surface area (Å²) >= 11 is 0. The van der Waals surface area contributed by atoms with Crippen molar-refractivity contribution in [2.45, 2.75) is 12.3 Å². The number of likely N-dealkylation sites (N-methyl/N-ethyl adjacent to an activating group) is 2. The van der Waals surface area contributed by atoms with Crippen LogP contribution in [0.5, 0.6) is 0 Å². The number of benzene rings is 2. The van der Waals surface area contributed by atoms with Crippen LogP contribution in [0.2, 0.25) is 0 Å². The molecular weight excluding hydrogens is 396 g/mol. The SMILES string of the molecule is CNCCN(C)Cc1cncc(-c2cccc(NS(=O)(=O)Cc3ccccc3)c2)c1. The molecule has 30 heavy (non-hydrogen) atoms. The third kappa shape index (κ3) is 6.66. The Labute approximate surface area is 179 Å². The summed E-state index contributed by atoms with van der Waals surface area (Å²) in [4.78, 5) is 6.60. The van der Waals surface area contributed by atoms with Crippen LogP contribution >= 0.6 is 0 Å². The fourth-order valence-electron chi connectivity index (χ4n) is 3.20. The molecule has 2 aromatic carbocycles. The molecule has 0 radical (unpaired) electrons. The van der Waals surface area contributed by atoms with Gasteiger partial charge in [-0.15, -0.1) is 0 Å². The third-order valence-corrected chi connectivity index (χ3v) is 5.92. The highest BCUT2D eigenvalue weighted by atomic mass is 32.2. The van der Waals surface area contributed by atoms with Gasteiger partial charge in [-0.3, -0.25) is 9.71 Å². The topological polar surface area (TPSA) is 74.3 Å². The summed E-state index contributed by atoms with van der Waals surface area (Å²) in [5.41, 5.74) is 4.28. The normalized spacial score (nSPS) is 11.6. The van der Waals surface area contributed by atoms with Gasteiger partial charge in [0.15, 0.2) is 0 Å². The molecule has 0 aliphatic heterocycles. The molecule has 0 saturated carbocycles. The minimum atomic E-state index is -3.50. The maximum atomic E-state index is 12.5. The number of hydrogen-bond donors (Lipinski definition) is 2. The summed E-state index contributed by atoms with van der Waals surface area (Å²) in [5.74, 6) is -0.0614. The Kier molecular flexibility index (Phi) is 7.57. The van der Waals surface area contributed by atoms with Crippen molar-refractivity contribution in [1.29, 1.82) is 0 Å². The number of pyridine rings is 1. The van der Waals surface area contributed by atoms with E-state index in [0.29, 0.717) is 5.69 Å². The number of nitrogens with one attached hydrogen (secondary N) is 2. The first kappa shape index (κ1) is 22.0. The summed E-state index contributed by atoms with van der Waals surface area (Å²) < 4.78 is 27.8. The van der Waals surface area contributed by atoms with E-state index in [4.69, 9.17) is 0 Å². The maximum absolute atomic E-state index is 12.5. The fraction of sp³-hybridized carbons (Fsp3) is 0.261. The molecule has 0 fully saturated rings. The van der Waals surface area contributed by atoms with Gasteiger partial charge in [-0.25, -0.2) is 8.42 Å². The van der Waals surface area contributed by atoms with Gasteiger partial charge in [0.05, 0.1) is 5.75 Å². The molecule has 0 amide bonds. The van der Waals surface area contributed by atoms with Crippen molar-refractivity contribution in [3.8, 4) is 11.1 Å². The minimum Gasteiger partial charge on any atom is -0.318 e. The Hall–Kier alpha value is -2.74. The molecule has 0 unspecified atom stereocenters. The molecule has 0 aliphatic carbocycles. The molecular formula is C23H28N4O2S. The lowest BCUT2D eigenvalue weighted by Crippen LogP contribution is -2.26. The Bertz CT molecular complexity index is 1060. The third-order valence-electron chi connectivity index (χ3n) is 4.66. The van der Waals surface area contributed by atoms with Gasteiger partial charge < -0.3 is 10.2 Å². The van der Waals surface area contributed by atoms with Crippen molar-refractivity contribution in [2.75, 3.05) is 31.9 Å². The molecule has 0 saturated heterocycles. The van der Waals surface area contributed by atoms with Crippen LogP contribution in [0.4, 0.5) is 5.69 Å². The summed E-state index contributed by atoms with van der Waals surface area (Å²) in [6.07, 6.45) is 3.67. The average molecular weight is 425 g/mol. The molecule has 0 aliphatic rings. The van der Waals surface area contributed by atoms with Gasteiger partial charge in [-0.2, -0.15) is 0 Å². The zero-order valence-electron chi connectivity index (χ0n) is 17.4. The zero-order valence-corrected chi connectivity index (χ0v) is 18.2. The first-order chi connectivity index (χ1) is 14.4. The standard InChI is InChI=1S/C23H28N4O2S/c1-24-11-12-27(2)17-20-13-22(16-25-15-20)21-9-6-10-23(14-21)26-30(28,29)18-19-7-4-3-5-8-19/h3-10,13-16,24,26H,11-12,17-18H2,1-2H3. The van der Waals surface area contributed by atoms with E-state index in [1.807, 2.05) is 49.6 Å². The molecule has 0 bridgehead atoms. The van der Waals surface area contributed by atoms with E-state index < -0.39 is 10.0 Å². The highest BCUT2D eigenvalue weighted by molar-refractivity contribution is 7.91. The van der Waals surface area contributed by atoms with E-state index in [9.17, 15) is 8.42 Å². The molecule has 158 valence electrons. The van der Waals surface area contributed by atoms with Crippen LogP contribution in [0, 0.1) is 0 Å².